The molecule has 0 bridgehead atoms. The maximum absolute atomic E-state index is 12.1. The van der Waals surface area contributed by atoms with Gasteiger partial charge in [-0.05, 0) is 44.0 Å². The number of thiazole rings is 1. The minimum Gasteiger partial charge on any atom is -0.325 e. The molecule has 1 aromatic carbocycles. The number of hydrogen-bond acceptors (Lipinski definition) is 5. The van der Waals surface area contributed by atoms with Gasteiger partial charge in [-0.1, -0.05) is 6.07 Å². The molecule has 0 fully saturated rings. The summed E-state index contributed by atoms with van der Waals surface area (Å²) in [5, 5.41) is 2.91. The third-order valence-corrected chi connectivity index (χ3v) is 5.39. The van der Waals surface area contributed by atoms with E-state index < -0.39 is 0 Å². The van der Waals surface area contributed by atoms with Crippen molar-refractivity contribution in [1.29, 1.82) is 0 Å². The van der Waals surface area contributed by atoms with Gasteiger partial charge in [-0.25, -0.2) is 4.98 Å². The van der Waals surface area contributed by atoms with Crippen molar-refractivity contribution < 1.29 is 4.79 Å². The van der Waals surface area contributed by atoms with Crippen molar-refractivity contribution >= 4 is 39.7 Å². The predicted molar refractivity (Wildman–Crippen MR) is 105 cm³/mol. The zero-order chi connectivity index (χ0) is 18.0. The highest BCUT2D eigenvalue weighted by atomic mass is 32.2. The van der Waals surface area contributed by atoms with Crippen LogP contribution in [0, 0.1) is 20.8 Å². The molecule has 0 atom stereocenters. The van der Waals surface area contributed by atoms with Crippen LogP contribution >= 0.6 is 23.1 Å². The lowest BCUT2D eigenvalue weighted by Gasteiger charge is -2.07. The fourth-order valence-electron chi connectivity index (χ4n) is 2.62. The van der Waals surface area contributed by atoms with Gasteiger partial charge in [0.15, 0.2) is 4.96 Å². The van der Waals surface area contributed by atoms with Crippen LogP contribution in [0.2, 0.25) is 0 Å². The molecule has 0 aliphatic carbocycles. The number of hydrogen-bond donors (Lipinski definition) is 1. The molecule has 25 heavy (non-hydrogen) atoms. The molecule has 0 aliphatic heterocycles. The van der Waals surface area contributed by atoms with Crippen molar-refractivity contribution in [2.75, 3.05) is 11.1 Å². The lowest BCUT2D eigenvalue weighted by Crippen LogP contribution is -2.15. The highest BCUT2D eigenvalue weighted by Gasteiger charge is 2.08. The number of amides is 1. The Morgan fingerprint density at radius 2 is 1.92 bits per heavy atom. The molecule has 1 N–H and O–H groups in total. The van der Waals surface area contributed by atoms with Crippen molar-refractivity contribution in [2.24, 2.45) is 0 Å². The Labute approximate surface area is 154 Å². The van der Waals surface area contributed by atoms with Gasteiger partial charge in [-0.15, -0.1) is 23.1 Å². The van der Waals surface area contributed by atoms with Gasteiger partial charge in [0.05, 0.1) is 11.4 Å². The summed E-state index contributed by atoms with van der Waals surface area (Å²) in [6, 6.07) is 7.50. The van der Waals surface area contributed by atoms with Crippen molar-refractivity contribution in [3.63, 3.8) is 0 Å². The van der Waals surface area contributed by atoms with E-state index in [4.69, 9.17) is 0 Å². The molecule has 0 aliphatic rings. The van der Waals surface area contributed by atoms with Gasteiger partial charge >= 0.3 is 0 Å². The van der Waals surface area contributed by atoms with E-state index in [0.29, 0.717) is 22.2 Å². The molecule has 0 saturated carbocycles. The SMILES string of the molecule is Cc1cc(C)cc(NC(=O)CSCc2cc(=O)n3cc(C)sc3n2)c1. The first-order valence-electron chi connectivity index (χ1n) is 7.85. The van der Waals surface area contributed by atoms with Gasteiger partial charge in [0.1, 0.15) is 0 Å². The highest BCUT2D eigenvalue weighted by molar-refractivity contribution is 7.99. The van der Waals surface area contributed by atoms with Crippen LogP contribution in [0.15, 0.2) is 35.3 Å². The summed E-state index contributed by atoms with van der Waals surface area (Å²) >= 11 is 2.94. The molecule has 0 unspecified atom stereocenters. The molecule has 0 spiro atoms. The van der Waals surface area contributed by atoms with E-state index in [2.05, 4.69) is 16.4 Å². The second-order valence-electron chi connectivity index (χ2n) is 6.00. The van der Waals surface area contributed by atoms with Crippen LogP contribution in [-0.4, -0.2) is 21.0 Å². The van der Waals surface area contributed by atoms with Crippen LogP contribution in [0.25, 0.3) is 4.96 Å². The number of benzene rings is 1. The number of rotatable bonds is 5. The Morgan fingerprint density at radius 3 is 2.64 bits per heavy atom. The van der Waals surface area contributed by atoms with Gasteiger partial charge in [0.2, 0.25) is 5.91 Å². The first kappa shape index (κ1) is 17.7. The molecule has 7 heteroatoms. The van der Waals surface area contributed by atoms with Crippen LogP contribution < -0.4 is 10.9 Å². The summed E-state index contributed by atoms with van der Waals surface area (Å²) in [6.07, 6.45) is 1.80. The summed E-state index contributed by atoms with van der Waals surface area (Å²) < 4.78 is 1.56. The summed E-state index contributed by atoms with van der Waals surface area (Å²) in [5.74, 6) is 0.792. The number of fused-ring (bicyclic) bond motifs is 1. The fourth-order valence-corrected chi connectivity index (χ4v) is 4.19. The van der Waals surface area contributed by atoms with E-state index in [1.165, 1.54) is 29.2 Å². The number of anilines is 1. The Hall–Kier alpha value is -2.12. The largest absolute Gasteiger partial charge is 0.325 e. The molecule has 130 valence electrons. The lowest BCUT2D eigenvalue weighted by atomic mass is 10.1. The minimum atomic E-state index is -0.0790. The Morgan fingerprint density at radius 1 is 1.20 bits per heavy atom. The van der Waals surface area contributed by atoms with Crippen LogP contribution in [0.1, 0.15) is 21.7 Å². The summed E-state index contributed by atoms with van der Waals surface area (Å²) in [5.41, 5.74) is 3.68. The maximum atomic E-state index is 12.1. The minimum absolute atomic E-state index is 0.0558. The van der Waals surface area contributed by atoms with Crippen LogP contribution in [-0.2, 0) is 10.5 Å². The lowest BCUT2D eigenvalue weighted by molar-refractivity contribution is -0.113. The monoisotopic (exact) mass is 373 g/mol. The van der Waals surface area contributed by atoms with Crippen molar-refractivity contribution in [3.05, 3.63) is 62.5 Å². The zero-order valence-electron chi connectivity index (χ0n) is 14.3. The average Bonchev–Trinajstić information content (AvgIpc) is 2.87. The quantitative estimate of drug-likeness (QED) is 0.743. The number of thioether (sulfide) groups is 1. The first-order chi connectivity index (χ1) is 11.9. The Kier molecular flexibility index (Phi) is 5.24. The topological polar surface area (TPSA) is 63.5 Å². The van der Waals surface area contributed by atoms with E-state index in [1.807, 2.05) is 32.9 Å². The zero-order valence-corrected chi connectivity index (χ0v) is 16.0. The third-order valence-electron chi connectivity index (χ3n) is 3.52. The molecule has 3 aromatic rings. The van der Waals surface area contributed by atoms with E-state index in [1.54, 1.807) is 10.6 Å². The molecule has 2 heterocycles. The second kappa shape index (κ2) is 7.41. The molecular formula is C18H19N3O2S2. The highest BCUT2D eigenvalue weighted by Crippen LogP contribution is 2.17. The third kappa shape index (κ3) is 4.49. The normalized spacial score (nSPS) is 11.0. The smallest absolute Gasteiger partial charge is 0.258 e. The van der Waals surface area contributed by atoms with Crippen LogP contribution in [0.5, 0.6) is 0 Å². The number of nitrogens with one attached hydrogen (secondary N) is 1. The molecule has 0 radical (unpaired) electrons. The van der Waals surface area contributed by atoms with E-state index >= 15 is 0 Å². The van der Waals surface area contributed by atoms with Crippen LogP contribution in [0.4, 0.5) is 5.69 Å². The summed E-state index contributed by atoms with van der Waals surface area (Å²) in [4.78, 5) is 30.4. The number of aryl methyl sites for hydroxylation is 3. The number of carbonyl (C=O) groups excluding carboxylic acids is 1. The van der Waals surface area contributed by atoms with Crippen molar-refractivity contribution in [1.82, 2.24) is 9.38 Å². The summed E-state index contributed by atoms with van der Waals surface area (Å²) in [6.45, 7) is 5.96. The van der Waals surface area contributed by atoms with E-state index in [0.717, 1.165) is 21.7 Å². The van der Waals surface area contributed by atoms with Crippen LogP contribution in [0.3, 0.4) is 0 Å². The van der Waals surface area contributed by atoms with Gasteiger partial charge in [-0.3, -0.25) is 14.0 Å². The first-order valence-corrected chi connectivity index (χ1v) is 9.82. The van der Waals surface area contributed by atoms with E-state index in [9.17, 15) is 9.59 Å². The molecule has 1 amide bonds. The predicted octanol–water partition coefficient (Wildman–Crippen LogP) is 3.55. The van der Waals surface area contributed by atoms with Crippen molar-refractivity contribution in [3.8, 4) is 0 Å². The average molecular weight is 374 g/mol. The second-order valence-corrected chi connectivity index (χ2v) is 8.20. The Bertz CT molecular complexity index is 971. The fraction of sp³-hybridized carbons (Fsp3) is 0.278. The standard InChI is InChI=1S/C18H19N3O2S2/c1-11-4-12(2)6-14(5-11)19-16(22)10-24-9-15-7-17(23)21-8-13(3)25-18(21)20-15/h4-8H,9-10H2,1-3H3,(H,19,22). The molecule has 3 rings (SSSR count). The summed E-state index contributed by atoms with van der Waals surface area (Å²) in [7, 11) is 0. The maximum Gasteiger partial charge on any atom is 0.258 e. The molecule has 5 nitrogen and oxygen atoms in total. The van der Waals surface area contributed by atoms with Crippen molar-refractivity contribution in [2.45, 2.75) is 26.5 Å². The van der Waals surface area contributed by atoms with Gasteiger partial charge in [0.25, 0.3) is 5.56 Å². The van der Waals surface area contributed by atoms with Gasteiger partial charge in [0, 0.05) is 28.6 Å². The van der Waals surface area contributed by atoms with Gasteiger partial charge < -0.3 is 5.32 Å². The molecule has 2 aromatic heterocycles. The number of aromatic nitrogens is 2. The van der Waals surface area contributed by atoms with E-state index in [-0.39, 0.29) is 11.5 Å². The Balaban J connectivity index is 1.59. The number of nitrogens with zero attached hydrogens (tertiary/aromatic N) is 2. The molecular weight excluding hydrogens is 354 g/mol. The molecule has 0 saturated heterocycles. The number of carbonyl (C=O) groups is 1. The van der Waals surface area contributed by atoms with Gasteiger partial charge in [-0.2, -0.15) is 0 Å².